The van der Waals surface area contributed by atoms with Gasteiger partial charge in [-0.2, -0.15) is 0 Å². The molecule has 0 atom stereocenters. The van der Waals surface area contributed by atoms with Crippen molar-refractivity contribution in [3.05, 3.63) is 29.8 Å². The Labute approximate surface area is 107 Å². The van der Waals surface area contributed by atoms with Gasteiger partial charge in [-0.25, -0.2) is 5.01 Å². The van der Waals surface area contributed by atoms with E-state index in [-0.39, 0.29) is 5.91 Å². The van der Waals surface area contributed by atoms with Crippen LogP contribution in [0.4, 0.5) is 5.69 Å². The van der Waals surface area contributed by atoms with Gasteiger partial charge >= 0.3 is 0 Å². The number of anilines is 1. The smallest absolute Gasteiger partial charge is 0.221 e. The van der Waals surface area contributed by atoms with Gasteiger partial charge in [-0.05, 0) is 11.6 Å². The minimum absolute atomic E-state index is 0.0474. The molecule has 0 saturated carbocycles. The van der Waals surface area contributed by atoms with Crippen molar-refractivity contribution in [2.24, 2.45) is 0 Å². The van der Waals surface area contributed by atoms with E-state index in [9.17, 15) is 4.79 Å². The number of carbonyl (C=O) groups excluding carboxylic acids is 1. The largest absolute Gasteiger partial charge is 0.379 e. The van der Waals surface area contributed by atoms with Crippen molar-refractivity contribution in [1.82, 2.24) is 10.4 Å². The number of hydrazine groups is 1. The molecule has 1 aliphatic heterocycles. The number of hydrogen-bond donors (Lipinski definition) is 2. The molecule has 1 fully saturated rings. The highest BCUT2D eigenvalue weighted by atomic mass is 16.5. The fourth-order valence-corrected chi connectivity index (χ4v) is 1.90. The van der Waals surface area contributed by atoms with E-state index in [1.54, 1.807) is 0 Å². The lowest BCUT2D eigenvalue weighted by Crippen LogP contribution is -2.45. The van der Waals surface area contributed by atoms with E-state index in [1.165, 1.54) is 6.92 Å². The van der Waals surface area contributed by atoms with Crippen LogP contribution in [-0.2, 0) is 16.1 Å². The van der Waals surface area contributed by atoms with Crippen LogP contribution in [0.5, 0.6) is 0 Å². The van der Waals surface area contributed by atoms with E-state index in [1.807, 2.05) is 24.3 Å². The van der Waals surface area contributed by atoms with Crippen molar-refractivity contribution >= 4 is 11.6 Å². The van der Waals surface area contributed by atoms with E-state index in [4.69, 9.17) is 4.74 Å². The zero-order chi connectivity index (χ0) is 12.8. The summed E-state index contributed by atoms with van der Waals surface area (Å²) in [5.74, 6) is -0.0474. The minimum Gasteiger partial charge on any atom is -0.379 e. The van der Waals surface area contributed by atoms with E-state index in [0.717, 1.165) is 37.6 Å². The Bertz CT molecular complexity index is 403. The Morgan fingerprint density at radius 3 is 2.78 bits per heavy atom. The van der Waals surface area contributed by atoms with Gasteiger partial charge < -0.3 is 10.1 Å². The van der Waals surface area contributed by atoms with E-state index >= 15 is 0 Å². The fourth-order valence-electron chi connectivity index (χ4n) is 1.90. The molecule has 18 heavy (non-hydrogen) atoms. The van der Waals surface area contributed by atoms with Crippen LogP contribution >= 0.6 is 0 Å². The lowest BCUT2D eigenvalue weighted by atomic mass is 10.2. The number of nitrogens with zero attached hydrogens (tertiary/aromatic N) is 1. The molecule has 2 N–H and O–H groups in total. The number of hydrogen-bond acceptors (Lipinski definition) is 4. The van der Waals surface area contributed by atoms with Crippen LogP contribution in [0.15, 0.2) is 24.3 Å². The number of morpholine rings is 1. The van der Waals surface area contributed by atoms with Gasteiger partial charge in [-0.15, -0.1) is 0 Å². The van der Waals surface area contributed by atoms with Crippen LogP contribution in [0.25, 0.3) is 0 Å². The van der Waals surface area contributed by atoms with Crippen LogP contribution in [0.3, 0.4) is 0 Å². The van der Waals surface area contributed by atoms with Crippen molar-refractivity contribution in [3.8, 4) is 0 Å². The van der Waals surface area contributed by atoms with Crippen molar-refractivity contribution in [1.29, 1.82) is 0 Å². The summed E-state index contributed by atoms with van der Waals surface area (Å²) in [6.07, 6.45) is 0. The quantitative estimate of drug-likeness (QED) is 0.835. The van der Waals surface area contributed by atoms with Gasteiger partial charge in [0.25, 0.3) is 0 Å². The Hall–Kier alpha value is -1.43. The molecule has 5 nitrogen and oxygen atoms in total. The summed E-state index contributed by atoms with van der Waals surface area (Å²) in [4.78, 5) is 11.1. The van der Waals surface area contributed by atoms with Crippen molar-refractivity contribution in [3.63, 3.8) is 0 Å². The maximum absolute atomic E-state index is 11.1. The van der Waals surface area contributed by atoms with Gasteiger partial charge in [-0.1, -0.05) is 18.2 Å². The molecule has 98 valence electrons. The minimum atomic E-state index is -0.0474. The summed E-state index contributed by atoms with van der Waals surface area (Å²) in [5, 5.41) is 4.99. The second-order valence-electron chi connectivity index (χ2n) is 4.27. The van der Waals surface area contributed by atoms with Crippen molar-refractivity contribution in [2.75, 3.05) is 31.6 Å². The van der Waals surface area contributed by atoms with Crippen molar-refractivity contribution < 1.29 is 9.53 Å². The molecule has 1 saturated heterocycles. The maximum atomic E-state index is 11.1. The standard InChI is InChI=1S/C13H19N3O2/c1-11(17)15-13-5-3-2-4-12(13)10-14-16-6-8-18-9-7-16/h2-5,14H,6-10H2,1H3,(H,15,17). The van der Waals surface area contributed by atoms with E-state index in [2.05, 4.69) is 15.8 Å². The fraction of sp³-hybridized carbons (Fsp3) is 0.462. The number of carbonyl (C=O) groups is 1. The normalized spacial score (nSPS) is 16.5. The molecule has 1 aromatic carbocycles. The average molecular weight is 249 g/mol. The van der Waals surface area contributed by atoms with Crippen LogP contribution in [0.1, 0.15) is 12.5 Å². The summed E-state index contributed by atoms with van der Waals surface area (Å²) < 4.78 is 5.29. The molecule has 0 unspecified atom stereocenters. The first-order chi connectivity index (χ1) is 8.75. The summed E-state index contributed by atoms with van der Waals surface area (Å²) in [6, 6.07) is 7.82. The highest BCUT2D eigenvalue weighted by molar-refractivity contribution is 5.89. The SMILES string of the molecule is CC(=O)Nc1ccccc1CNN1CCOCC1. The second kappa shape index (κ2) is 6.49. The third-order valence-corrected chi connectivity index (χ3v) is 2.83. The number of amides is 1. The van der Waals surface area contributed by atoms with Crippen LogP contribution in [0.2, 0.25) is 0 Å². The van der Waals surface area contributed by atoms with Crippen LogP contribution in [-0.4, -0.2) is 37.2 Å². The zero-order valence-corrected chi connectivity index (χ0v) is 10.6. The van der Waals surface area contributed by atoms with E-state index in [0.29, 0.717) is 6.54 Å². The monoisotopic (exact) mass is 249 g/mol. The highest BCUT2D eigenvalue weighted by Gasteiger charge is 2.10. The molecule has 1 aromatic rings. The first-order valence-electron chi connectivity index (χ1n) is 6.17. The van der Waals surface area contributed by atoms with Gasteiger partial charge in [0.1, 0.15) is 0 Å². The summed E-state index contributed by atoms with van der Waals surface area (Å²) in [6.45, 7) is 5.54. The number of ether oxygens (including phenoxy) is 1. The first-order valence-corrected chi connectivity index (χ1v) is 6.17. The molecule has 0 spiro atoms. The van der Waals surface area contributed by atoms with E-state index < -0.39 is 0 Å². The Kier molecular flexibility index (Phi) is 4.69. The first kappa shape index (κ1) is 13.0. The Morgan fingerprint density at radius 2 is 2.06 bits per heavy atom. The summed E-state index contributed by atoms with van der Waals surface area (Å²) in [5.41, 5.74) is 5.30. The average Bonchev–Trinajstić information content (AvgIpc) is 2.38. The number of benzene rings is 1. The Balaban J connectivity index is 1.93. The molecule has 0 radical (unpaired) electrons. The summed E-state index contributed by atoms with van der Waals surface area (Å²) in [7, 11) is 0. The van der Waals surface area contributed by atoms with Gasteiger partial charge in [-0.3, -0.25) is 10.2 Å². The molecule has 0 aromatic heterocycles. The number of para-hydroxylation sites is 1. The van der Waals surface area contributed by atoms with Crippen LogP contribution in [0, 0.1) is 0 Å². The topological polar surface area (TPSA) is 53.6 Å². The number of nitrogens with one attached hydrogen (secondary N) is 2. The maximum Gasteiger partial charge on any atom is 0.221 e. The van der Waals surface area contributed by atoms with Gasteiger partial charge in [0.05, 0.1) is 13.2 Å². The lowest BCUT2D eigenvalue weighted by Gasteiger charge is -2.27. The molecular weight excluding hydrogens is 230 g/mol. The molecule has 1 aliphatic rings. The van der Waals surface area contributed by atoms with Gasteiger partial charge in [0.2, 0.25) is 5.91 Å². The highest BCUT2D eigenvalue weighted by Crippen LogP contribution is 2.14. The predicted octanol–water partition coefficient (Wildman–Crippen LogP) is 0.982. The zero-order valence-electron chi connectivity index (χ0n) is 10.6. The predicted molar refractivity (Wildman–Crippen MR) is 70.0 cm³/mol. The number of rotatable bonds is 4. The third-order valence-electron chi connectivity index (χ3n) is 2.83. The molecule has 1 heterocycles. The molecule has 2 rings (SSSR count). The summed E-state index contributed by atoms with van der Waals surface area (Å²) >= 11 is 0. The Morgan fingerprint density at radius 1 is 1.33 bits per heavy atom. The third kappa shape index (κ3) is 3.80. The van der Waals surface area contributed by atoms with Crippen LogP contribution < -0.4 is 10.7 Å². The molecule has 5 heteroatoms. The molecule has 0 aliphatic carbocycles. The molecule has 0 bridgehead atoms. The second-order valence-corrected chi connectivity index (χ2v) is 4.27. The van der Waals surface area contributed by atoms with Gasteiger partial charge in [0, 0.05) is 32.2 Å². The van der Waals surface area contributed by atoms with Gasteiger partial charge in [0.15, 0.2) is 0 Å². The molecule has 1 amide bonds. The molecular formula is C13H19N3O2. The van der Waals surface area contributed by atoms with Crippen molar-refractivity contribution in [2.45, 2.75) is 13.5 Å². The lowest BCUT2D eigenvalue weighted by molar-refractivity contribution is -0.114.